The Morgan fingerprint density at radius 1 is 1.50 bits per heavy atom. The summed E-state index contributed by atoms with van der Waals surface area (Å²) in [4.78, 5) is 12.1. The zero-order chi connectivity index (χ0) is 16.6. The van der Waals surface area contributed by atoms with Crippen LogP contribution in [-0.4, -0.2) is 11.3 Å². The summed E-state index contributed by atoms with van der Waals surface area (Å²) in [6, 6.07) is 0. The number of carbonyl (C=O) groups is 1. The van der Waals surface area contributed by atoms with Gasteiger partial charge in [-0.15, -0.1) is 6.58 Å². The van der Waals surface area contributed by atoms with Gasteiger partial charge in [-0.25, -0.2) is 0 Å². The van der Waals surface area contributed by atoms with Gasteiger partial charge in [0, 0.05) is 24.1 Å². The number of nitrogens with one attached hydrogen (secondary N) is 1. The third-order valence-corrected chi connectivity index (χ3v) is 3.78. The second kappa shape index (κ2) is 8.58. The topological polar surface area (TPSA) is 29.1 Å². The molecule has 0 saturated carbocycles. The Balaban J connectivity index is 2.96. The van der Waals surface area contributed by atoms with Crippen LogP contribution >= 0.6 is 0 Å². The van der Waals surface area contributed by atoms with Crippen LogP contribution in [0.3, 0.4) is 0 Å². The van der Waals surface area contributed by atoms with Gasteiger partial charge in [-0.05, 0) is 51.2 Å². The highest BCUT2D eigenvalue weighted by molar-refractivity contribution is 5.83. The van der Waals surface area contributed by atoms with E-state index in [2.05, 4.69) is 30.7 Å². The first-order valence-electron chi connectivity index (χ1n) is 7.84. The number of allylic oxidation sites excluding steroid dienone is 5. The molecule has 1 saturated heterocycles. The zero-order valence-electron chi connectivity index (χ0n) is 13.9. The van der Waals surface area contributed by atoms with Crippen molar-refractivity contribution in [2.75, 3.05) is 0 Å². The molecule has 0 aromatic rings. The molecule has 1 aliphatic rings. The highest BCUT2D eigenvalue weighted by Crippen LogP contribution is 2.32. The summed E-state index contributed by atoms with van der Waals surface area (Å²) in [5, 5.41) is 3.49. The second-order valence-corrected chi connectivity index (χ2v) is 6.09. The van der Waals surface area contributed by atoms with Crippen molar-refractivity contribution < 1.29 is 9.18 Å². The smallest absolute Gasteiger partial charge is 0.173 e. The van der Waals surface area contributed by atoms with E-state index in [1.807, 2.05) is 6.92 Å². The van der Waals surface area contributed by atoms with Crippen molar-refractivity contribution in [3.8, 4) is 11.8 Å². The van der Waals surface area contributed by atoms with Gasteiger partial charge in [0.1, 0.15) is 5.78 Å². The number of hydrogen-bond acceptors (Lipinski definition) is 2. The summed E-state index contributed by atoms with van der Waals surface area (Å²) in [6.45, 7) is 9.65. The number of hydrogen-bond donors (Lipinski definition) is 1. The quantitative estimate of drug-likeness (QED) is 0.574. The molecule has 1 unspecified atom stereocenters. The van der Waals surface area contributed by atoms with Crippen LogP contribution in [0.15, 0.2) is 35.8 Å². The van der Waals surface area contributed by atoms with E-state index < -0.39 is 5.83 Å². The summed E-state index contributed by atoms with van der Waals surface area (Å²) >= 11 is 0. The molecule has 0 radical (unpaired) electrons. The highest BCUT2D eigenvalue weighted by atomic mass is 19.1. The van der Waals surface area contributed by atoms with Gasteiger partial charge < -0.3 is 5.32 Å². The predicted octanol–water partition coefficient (Wildman–Crippen LogP) is 4.59. The van der Waals surface area contributed by atoms with E-state index in [1.165, 1.54) is 6.08 Å². The monoisotopic (exact) mass is 303 g/mol. The Morgan fingerprint density at radius 2 is 2.23 bits per heavy atom. The third kappa shape index (κ3) is 5.89. The van der Waals surface area contributed by atoms with Crippen LogP contribution in [-0.2, 0) is 4.79 Å². The first-order valence-corrected chi connectivity index (χ1v) is 7.84. The largest absolute Gasteiger partial charge is 0.382 e. The average molecular weight is 303 g/mol. The van der Waals surface area contributed by atoms with Crippen LogP contribution in [0, 0.1) is 11.8 Å². The number of ketones is 1. The molecule has 3 heteroatoms. The maximum atomic E-state index is 13.4. The summed E-state index contributed by atoms with van der Waals surface area (Å²) in [5.41, 5.74) is 1.67. The number of Topliss-reactive ketones (excluding diaryl/α,β-unsaturated/α-hetero) is 1. The first-order chi connectivity index (χ1) is 10.4. The van der Waals surface area contributed by atoms with Crippen molar-refractivity contribution in [2.45, 2.75) is 64.8 Å². The van der Waals surface area contributed by atoms with E-state index >= 15 is 0 Å². The second-order valence-electron chi connectivity index (χ2n) is 6.09. The number of halogens is 1. The van der Waals surface area contributed by atoms with Gasteiger partial charge in [0.05, 0.1) is 0 Å². The molecule has 0 amide bonds. The number of rotatable bonds is 6. The van der Waals surface area contributed by atoms with Crippen LogP contribution in [0.1, 0.15) is 59.3 Å². The van der Waals surface area contributed by atoms with Gasteiger partial charge in [-0.2, -0.15) is 4.39 Å². The van der Waals surface area contributed by atoms with Gasteiger partial charge >= 0.3 is 0 Å². The minimum absolute atomic E-state index is 0.204. The van der Waals surface area contributed by atoms with Crippen LogP contribution < -0.4 is 5.32 Å². The molecule has 22 heavy (non-hydrogen) atoms. The molecule has 2 nitrogen and oxygen atoms in total. The van der Waals surface area contributed by atoms with Gasteiger partial charge in [0.25, 0.3) is 0 Å². The molecule has 0 spiro atoms. The Labute approximate surface area is 133 Å². The maximum Gasteiger partial charge on any atom is 0.173 e. The lowest BCUT2D eigenvalue weighted by Gasteiger charge is -2.40. The molecular weight excluding hydrogens is 277 g/mol. The fourth-order valence-electron chi connectivity index (χ4n) is 2.87. The van der Waals surface area contributed by atoms with E-state index in [9.17, 15) is 9.18 Å². The minimum Gasteiger partial charge on any atom is -0.382 e. The predicted molar refractivity (Wildman–Crippen MR) is 89.8 cm³/mol. The fraction of sp³-hybridized carbons (Fsp3) is 0.526. The molecule has 1 atom stereocenters. The average Bonchev–Trinajstić information content (AvgIpc) is 2.43. The van der Waals surface area contributed by atoms with E-state index in [1.54, 1.807) is 13.0 Å². The lowest BCUT2D eigenvalue weighted by atomic mass is 9.79. The molecule has 120 valence electrons. The van der Waals surface area contributed by atoms with E-state index in [0.717, 1.165) is 37.0 Å². The number of carbonyl (C=O) groups excluding carboxylic acids is 1. The number of piperidine rings is 1. The molecule has 0 aromatic carbocycles. The maximum absolute atomic E-state index is 13.4. The van der Waals surface area contributed by atoms with Crippen molar-refractivity contribution in [1.82, 2.24) is 5.32 Å². The molecule has 1 N–H and O–H groups in total. The van der Waals surface area contributed by atoms with Crippen LogP contribution in [0.5, 0.6) is 0 Å². The highest BCUT2D eigenvalue weighted by Gasteiger charge is 2.35. The SMILES string of the molecule is C=C(C)CCC1(CCC)CC(=O)C/C(=C\C=C(\F)C#CC)N1. The summed E-state index contributed by atoms with van der Waals surface area (Å²) < 4.78 is 13.4. The zero-order valence-corrected chi connectivity index (χ0v) is 13.9. The molecule has 1 rings (SSSR count). The van der Waals surface area contributed by atoms with Crippen molar-refractivity contribution in [2.24, 2.45) is 0 Å². The standard InChI is InChI=1S/C19H26FNO/c1-5-7-16(20)8-9-17-13-18(22)14-19(21-17,11-6-2)12-10-15(3)4/h8-9,21H,3,6,10-14H2,1-2,4H3/b16-8+,17-9+. The Bertz CT molecular complexity index is 548. The van der Waals surface area contributed by atoms with Gasteiger partial charge in [-0.3, -0.25) is 4.79 Å². The molecule has 0 aliphatic carbocycles. The molecule has 1 aliphatic heterocycles. The molecule has 1 heterocycles. The first kappa shape index (κ1) is 18.2. The van der Waals surface area contributed by atoms with Crippen LogP contribution in [0.4, 0.5) is 4.39 Å². The van der Waals surface area contributed by atoms with Crippen LogP contribution in [0.2, 0.25) is 0 Å². The molecule has 0 aromatic heterocycles. The van der Waals surface area contributed by atoms with Crippen LogP contribution in [0.25, 0.3) is 0 Å². The lowest BCUT2D eigenvalue weighted by Crippen LogP contribution is -2.50. The van der Waals surface area contributed by atoms with E-state index in [0.29, 0.717) is 12.8 Å². The van der Waals surface area contributed by atoms with Crippen molar-refractivity contribution in [1.29, 1.82) is 0 Å². The lowest BCUT2D eigenvalue weighted by molar-refractivity contribution is -0.121. The normalized spacial score (nSPS) is 23.7. The Hall–Kier alpha value is -1.82. The molecular formula is C19H26FNO. The van der Waals surface area contributed by atoms with Crippen molar-refractivity contribution in [3.05, 3.63) is 35.8 Å². The van der Waals surface area contributed by atoms with E-state index in [-0.39, 0.29) is 11.3 Å². The molecule has 0 bridgehead atoms. The Kier molecular flexibility index (Phi) is 7.11. The van der Waals surface area contributed by atoms with E-state index in [4.69, 9.17) is 0 Å². The van der Waals surface area contributed by atoms with Crippen molar-refractivity contribution in [3.63, 3.8) is 0 Å². The summed E-state index contributed by atoms with van der Waals surface area (Å²) in [6.07, 6.45) is 7.52. The Morgan fingerprint density at radius 3 is 2.82 bits per heavy atom. The van der Waals surface area contributed by atoms with Gasteiger partial charge in [0.2, 0.25) is 0 Å². The fourth-order valence-corrected chi connectivity index (χ4v) is 2.87. The summed E-state index contributed by atoms with van der Waals surface area (Å²) in [5.74, 6) is 4.59. The summed E-state index contributed by atoms with van der Waals surface area (Å²) in [7, 11) is 0. The van der Waals surface area contributed by atoms with Crippen molar-refractivity contribution >= 4 is 5.78 Å². The third-order valence-electron chi connectivity index (χ3n) is 3.78. The minimum atomic E-state index is -0.488. The molecule has 1 fully saturated rings. The van der Waals surface area contributed by atoms with Gasteiger partial charge in [0.15, 0.2) is 5.83 Å². The van der Waals surface area contributed by atoms with Gasteiger partial charge in [-0.1, -0.05) is 24.8 Å².